The van der Waals surface area contributed by atoms with E-state index in [0.717, 1.165) is 24.2 Å². The van der Waals surface area contributed by atoms with Crippen LogP contribution in [0.1, 0.15) is 51.2 Å². The Labute approximate surface area is 147 Å². The van der Waals surface area contributed by atoms with Crippen molar-refractivity contribution >= 4 is 17.8 Å². The fourth-order valence-electron chi connectivity index (χ4n) is 3.57. The maximum absolute atomic E-state index is 12.4. The van der Waals surface area contributed by atoms with Gasteiger partial charge in [-0.1, -0.05) is 19.8 Å². The first-order valence-corrected chi connectivity index (χ1v) is 8.98. The van der Waals surface area contributed by atoms with Gasteiger partial charge in [-0.25, -0.2) is 4.79 Å². The second-order valence-electron chi connectivity index (χ2n) is 6.98. The number of nitrogens with zero attached hydrogens (tertiary/aromatic N) is 1. The molecule has 1 aliphatic carbocycles. The zero-order valence-electron chi connectivity index (χ0n) is 14.5. The third-order valence-electron chi connectivity index (χ3n) is 5.12. The Morgan fingerprint density at radius 2 is 2.16 bits per heavy atom. The molecule has 2 heterocycles. The highest BCUT2D eigenvalue weighted by atomic mass is 16.3. The van der Waals surface area contributed by atoms with Crippen LogP contribution >= 0.6 is 0 Å². The molecule has 1 aromatic rings. The zero-order chi connectivity index (χ0) is 17.8. The average molecular weight is 347 g/mol. The van der Waals surface area contributed by atoms with Crippen molar-refractivity contribution < 1.29 is 18.8 Å². The van der Waals surface area contributed by atoms with E-state index in [1.165, 1.54) is 12.7 Å². The fraction of sp³-hybridized carbons (Fsp3) is 0.611. The van der Waals surface area contributed by atoms with E-state index >= 15 is 0 Å². The Kier molecular flexibility index (Phi) is 5.40. The van der Waals surface area contributed by atoms with Gasteiger partial charge in [0.25, 0.3) is 5.91 Å². The Bertz CT molecular complexity index is 628. The Balaban J connectivity index is 1.47. The van der Waals surface area contributed by atoms with Crippen molar-refractivity contribution in [2.45, 2.75) is 64.1 Å². The van der Waals surface area contributed by atoms with Gasteiger partial charge in [-0.3, -0.25) is 14.5 Å². The van der Waals surface area contributed by atoms with E-state index in [2.05, 4.69) is 17.6 Å². The number of nitrogens with one attached hydrogen (secondary N) is 2. The first-order chi connectivity index (χ1) is 12.0. The molecule has 2 N–H and O–H groups in total. The van der Waals surface area contributed by atoms with Crippen LogP contribution in [0, 0.1) is 5.92 Å². The second-order valence-corrected chi connectivity index (χ2v) is 6.98. The zero-order valence-corrected chi connectivity index (χ0v) is 14.5. The largest absolute Gasteiger partial charge is 0.467 e. The molecule has 3 atom stereocenters. The molecule has 2 fully saturated rings. The van der Waals surface area contributed by atoms with Gasteiger partial charge in [0.2, 0.25) is 5.91 Å². The van der Waals surface area contributed by atoms with E-state index in [1.54, 1.807) is 12.1 Å². The smallest absolute Gasteiger partial charge is 0.325 e. The maximum atomic E-state index is 12.4. The molecule has 0 aromatic carbocycles. The lowest BCUT2D eigenvalue weighted by atomic mass is 9.86. The van der Waals surface area contributed by atoms with Crippen molar-refractivity contribution in [2.75, 3.05) is 0 Å². The molecule has 1 aliphatic heterocycles. The van der Waals surface area contributed by atoms with Gasteiger partial charge in [-0.2, -0.15) is 0 Å². The molecule has 0 spiro atoms. The minimum atomic E-state index is -0.642. The number of imide groups is 1. The molecule has 0 unspecified atom stereocenters. The molecule has 7 heteroatoms. The van der Waals surface area contributed by atoms with Gasteiger partial charge >= 0.3 is 6.03 Å². The molecule has 136 valence electrons. The molecular formula is C18H25N3O4. The van der Waals surface area contributed by atoms with E-state index in [9.17, 15) is 14.4 Å². The topological polar surface area (TPSA) is 91.7 Å². The summed E-state index contributed by atoms with van der Waals surface area (Å²) in [6.07, 6.45) is 6.57. The van der Waals surface area contributed by atoms with Crippen LogP contribution in [0.15, 0.2) is 22.8 Å². The van der Waals surface area contributed by atoms with Crippen molar-refractivity contribution in [1.29, 1.82) is 0 Å². The predicted octanol–water partition coefficient (Wildman–Crippen LogP) is 2.18. The highest BCUT2D eigenvalue weighted by Gasteiger charge is 2.38. The van der Waals surface area contributed by atoms with Crippen LogP contribution in [0.3, 0.4) is 0 Å². The van der Waals surface area contributed by atoms with Crippen LogP contribution in [0.4, 0.5) is 4.79 Å². The van der Waals surface area contributed by atoms with Crippen LogP contribution in [0.2, 0.25) is 0 Å². The van der Waals surface area contributed by atoms with E-state index in [0.29, 0.717) is 18.1 Å². The highest BCUT2D eigenvalue weighted by Crippen LogP contribution is 2.24. The van der Waals surface area contributed by atoms with Crippen molar-refractivity contribution in [3.63, 3.8) is 0 Å². The number of hydrogen-bond donors (Lipinski definition) is 2. The maximum Gasteiger partial charge on any atom is 0.325 e. The first kappa shape index (κ1) is 17.5. The van der Waals surface area contributed by atoms with E-state index < -0.39 is 12.1 Å². The van der Waals surface area contributed by atoms with Crippen molar-refractivity contribution in [3.8, 4) is 0 Å². The molecule has 1 saturated carbocycles. The lowest BCUT2D eigenvalue weighted by Crippen LogP contribution is -2.41. The summed E-state index contributed by atoms with van der Waals surface area (Å²) in [6, 6.07) is 2.57. The second kappa shape index (κ2) is 7.72. The summed E-state index contributed by atoms with van der Waals surface area (Å²) in [7, 11) is 0. The third-order valence-corrected chi connectivity index (χ3v) is 5.12. The summed E-state index contributed by atoms with van der Waals surface area (Å²) in [5.74, 6) is 0.688. The summed E-state index contributed by atoms with van der Waals surface area (Å²) >= 11 is 0. The summed E-state index contributed by atoms with van der Waals surface area (Å²) in [5.41, 5.74) is 0. The van der Waals surface area contributed by atoms with Crippen LogP contribution in [0.25, 0.3) is 0 Å². The molecule has 25 heavy (non-hydrogen) atoms. The molecule has 4 amide bonds. The molecule has 1 aromatic heterocycles. The number of furan rings is 1. The van der Waals surface area contributed by atoms with Crippen molar-refractivity contribution in [1.82, 2.24) is 15.5 Å². The highest BCUT2D eigenvalue weighted by molar-refractivity contribution is 6.04. The van der Waals surface area contributed by atoms with E-state index in [4.69, 9.17) is 4.42 Å². The number of carbonyl (C=O) groups excluding carboxylic acids is 3. The molecule has 1 saturated heterocycles. The monoisotopic (exact) mass is 347 g/mol. The van der Waals surface area contributed by atoms with Gasteiger partial charge in [-0.15, -0.1) is 0 Å². The molecular weight excluding hydrogens is 322 g/mol. The standard InChI is InChI=1S/C18H25N3O4/c1-12-5-2-3-7-14(12)19-16(22)9-8-15-17(23)21(18(24)20-15)11-13-6-4-10-25-13/h4,6,10,12,14-15H,2-3,5,7-9,11H2,1H3,(H,19,22)(H,20,24)/t12-,14+,15+/m1/s1. The van der Waals surface area contributed by atoms with E-state index in [1.807, 2.05) is 0 Å². The van der Waals surface area contributed by atoms with Gasteiger partial charge in [0, 0.05) is 12.5 Å². The number of rotatable bonds is 6. The van der Waals surface area contributed by atoms with E-state index in [-0.39, 0.29) is 30.8 Å². The number of hydrogen-bond acceptors (Lipinski definition) is 4. The number of urea groups is 1. The minimum absolute atomic E-state index is 0.0507. The quantitative estimate of drug-likeness (QED) is 0.772. The summed E-state index contributed by atoms with van der Waals surface area (Å²) in [6.45, 7) is 2.28. The molecule has 0 radical (unpaired) electrons. The average Bonchev–Trinajstić information content (AvgIpc) is 3.19. The molecule has 2 aliphatic rings. The van der Waals surface area contributed by atoms with Crippen LogP contribution in [-0.4, -0.2) is 34.8 Å². The fourth-order valence-corrected chi connectivity index (χ4v) is 3.57. The Morgan fingerprint density at radius 1 is 1.36 bits per heavy atom. The number of carbonyl (C=O) groups is 3. The molecule has 7 nitrogen and oxygen atoms in total. The third kappa shape index (κ3) is 4.21. The van der Waals surface area contributed by atoms with Gasteiger partial charge in [0.15, 0.2) is 0 Å². The SMILES string of the molecule is C[C@@H]1CCCC[C@@H]1NC(=O)CC[C@@H]1NC(=O)N(Cc2ccco2)C1=O. The summed E-state index contributed by atoms with van der Waals surface area (Å²) in [5, 5.41) is 5.72. The van der Waals surface area contributed by atoms with Crippen LogP contribution < -0.4 is 10.6 Å². The number of amides is 4. The van der Waals surface area contributed by atoms with Gasteiger partial charge in [0.05, 0.1) is 12.8 Å². The Morgan fingerprint density at radius 3 is 2.88 bits per heavy atom. The van der Waals surface area contributed by atoms with Gasteiger partial charge < -0.3 is 15.1 Å². The lowest BCUT2D eigenvalue weighted by molar-refractivity contribution is -0.128. The van der Waals surface area contributed by atoms with Crippen molar-refractivity contribution in [2.24, 2.45) is 5.92 Å². The minimum Gasteiger partial charge on any atom is -0.467 e. The predicted molar refractivity (Wildman–Crippen MR) is 90.4 cm³/mol. The van der Waals surface area contributed by atoms with Crippen LogP contribution in [-0.2, 0) is 16.1 Å². The lowest BCUT2D eigenvalue weighted by Gasteiger charge is -2.29. The van der Waals surface area contributed by atoms with Gasteiger partial charge in [0.1, 0.15) is 11.8 Å². The van der Waals surface area contributed by atoms with Gasteiger partial charge in [-0.05, 0) is 37.3 Å². The Hall–Kier alpha value is -2.31. The summed E-state index contributed by atoms with van der Waals surface area (Å²) in [4.78, 5) is 37.6. The summed E-state index contributed by atoms with van der Waals surface area (Å²) < 4.78 is 5.18. The van der Waals surface area contributed by atoms with Crippen molar-refractivity contribution in [3.05, 3.63) is 24.2 Å². The first-order valence-electron chi connectivity index (χ1n) is 8.98. The molecule has 3 rings (SSSR count). The molecule has 0 bridgehead atoms. The van der Waals surface area contributed by atoms with Crippen LogP contribution in [0.5, 0.6) is 0 Å². The normalized spacial score (nSPS) is 26.6.